The summed E-state index contributed by atoms with van der Waals surface area (Å²) in [5.74, 6) is 0.497. The number of hydrogen-bond donors (Lipinski definition) is 4. The van der Waals surface area contributed by atoms with Crippen LogP contribution in [0, 0.1) is 6.92 Å². The van der Waals surface area contributed by atoms with Crippen LogP contribution in [0.3, 0.4) is 0 Å². The van der Waals surface area contributed by atoms with Gasteiger partial charge in [-0.1, -0.05) is 23.7 Å². The molecule has 2 aromatic heterocycles. The molecule has 0 aliphatic heterocycles. The Balaban J connectivity index is 1.61. The fourth-order valence-corrected chi connectivity index (χ4v) is 4.28. The number of anilines is 5. The summed E-state index contributed by atoms with van der Waals surface area (Å²) in [5, 5.41) is 7.27. The van der Waals surface area contributed by atoms with E-state index in [9.17, 15) is 13.2 Å². The van der Waals surface area contributed by atoms with Crippen LogP contribution in [-0.4, -0.2) is 54.5 Å². The zero-order chi connectivity index (χ0) is 25.3. The quantitative estimate of drug-likeness (QED) is 0.286. The van der Waals surface area contributed by atoms with Crippen LogP contribution in [-0.2, 0) is 10.0 Å². The number of sulfonamides is 1. The number of halogens is 1. The minimum absolute atomic E-state index is 0.0724. The summed E-state index contributed by atoms with van der Waals surface area (Å²) >= 11 is 6.29. The smallest absolute Gasteiger partial charge is 0.255 e. The predicted octanol–water partition coefficient (Wildman–Crippen LogP) is 4.48. The number of rotatable bonds is 7. The van der Waals surface area contributed by atoms with Crippen LogP contribution in [0.5, 0.6) is 0 Å². The number of aryl methyl sites for hydroxylation is 1. The molecule has 1 amide bonds. The van der Waals surface area contributed by atoms with Crippen molar-refractivity contribution in [2.75, 3.05) is 35.7 Å². The molecule has 35 heavy (non-hydrogen) atoms. The first-order chi connectivity index (χ1) is 16.5. The molecule has 0 saturated carbocycles. The molecule has 0 aliphatic carbocycles. The molecule has 12 heteroatoms. The molecule has 182 valence electrons. The zero-order valence-corrected chi connectivity index (χ0v) is 21.0. The number of aromatic nitrogens is 3. The number of carbonyl (C=O) groups excluding carboxylic acids is 1. The zero-order valence-electron chi connectivity index (χ0n) is 19.5. The van der Waals surface area contributed by atoms with Crippen molar-refractivity contribution in [1.29, 1.82) is 0 Å². The Morgan fingerprint density at radius 3 is 2.49 bits per heavy atom. The van der Waals surface area contributed by atoms with Crippen molar-refractivity contribution in [3.05, 3.63) is 64.9 Å². The molecule has 0 aliphatic rings. The second kappa shape index (κ2) is 9.43. The Morgan fingerprint density at radius 2 is 1.80 bits per heavy atom. The standard InChI is InChI=1S/C23H24ClN7O3S/c1-13-20(22(32)31(2)3)15-10-9-14(11-19(15)26-13)27-23-25-12-16(24)21(29-23)28-17-7-5-6-8-18(17)30-35(4,33)34/h5-12,26,30H,1-4H3,(H2,25,27,28,29). The number of aromatic amines is 1. The van der Waals surface area contributed by atoms with Gasteiger partial charge in [-0.05, 0) is 37.3 Å². The first kappa shape index (κ1) is 24.3. The lowest BCUT2D eigenvalue weighted by Crippen LogP contribution is -2.22. The number of para-hydroxylation sites is 2. The number of amides is 1. The second-order valence-electron chi connectivity index (χ2n) is 8.14. The van der Waals surface area contributed by atoms with E-state index in [0.29, 0.717) is 28.4 Å². The first-order valence-electron chi connectivity index (χ1n) is 10.5. The maximum atomic E-state index is 12.5. The van der Waals surface area contributed by atoms with Crippen molar-refractivity contribution >= 4 is 67.3 Å². The number of H-pyrrole nitrogens is 1. The third-order valence-electron chi connectivity index (χ3n) is 5.08. The van der Waals surface area contributed by atoms with E-state index >= 15 is 0 Å². The summed E-state index contributed by atoms with van der Waals surface area (Å²) in [5.41, 5.74) is 3.75. The molecule has 4 aromatic rings. The summed E-state index contributed by atoms with van der Waals surface area (Å²) in [6.45, 7) is 1.86. The molecule has 0 bridgehead atoms. The topological polar surface area (TPSA) is 132 Å². The number of carbonyl (C=O) groups is 1. The Bertz CT molecular complexity index is 1530. The average Bonchev–Trinajstić information content (AvgIpc) is 3.10. The van der Waals surface area contributed by atoms with Crippen LogP contribution in [0.1, 0.15) is 16.1 Å². The normalized spacial score (nSPS) is 11.3. The lowest BCUT2D eigenvalue weighted by atomic mass is 10.1. The van der Waals surface area contributed by atoms with Gasteiger partial charge in [-0.25, -0.2) is 13.4 Å². The van der Waals surface area contributed by atoms with Gasteiger partial charge in [0.25, 0.3) is 5.91 Å². The van der Waals surface area contributed by atoms with Crippen molar-refractivity contribution in [2.45, 2.75) is 6.92 Å². The van der Waals surface area contributed by atoms with Gasteiger partial charge in [-0.15, -0.1) is 0 Å². The molecular weight excluding hydrogens is 490 g/mol. The SMILES string of the molecule is Cc1[nH]c2cc(Nc3ncc(Cl)c(Nc4ccccc4NS(C)(=O)=O)n3)ccc2c1C(=O)N(C)C. The summed E-state index contributed by atoms with van der Waals surface area (Å²) < 4.78 is 25.8. The Kier molecular flexibility index (Phi) is 6.55. The highest BCUT2D eigenvalue weighted by molar-refractivity contribution is 7.92. The molecule has 0 unspecified atom stereocenters. The fourth-order valence-electron chi connectivity index (χ4n) is 3.56. The molecule has 4 rings (SSSR count). The van der Waals surface area contributed by atoms with Crippen LogP contribution in [0.4, 0.5) is 28.8 Å². The van der Waals surface area contributed by atoms with Crippen LogP contribution < -0.4 is 15.4 Å². The Hall–Kier alpha value is -3.83. The minimum Gasteiger partial charge on any atom is -0.358 e. The van der Waals surface area contributed by atoms with Gasteiger partial charge in [-0.3, -0.25) is 9.52 Å². The highest BCUT2D eigenvalue weighted by atomic mass is 35.5. The van der Waals surface area contributed by atoms with E-state index in [0.717, 1.165) is 22.9 Å². The molecule has 0 radical (unpaired) electrons. The molecule has 2 aromatic carbocycles. The highest BCUT2D eigenvalue weighted by Gasteiger charge is 2.18. The molecule has 0 atom stereocenters. The Morgan fingerprint density at radius 1 is 1.09 bits per heavy atom. The third-order valence-corrected chi connectivity index (χ3v) is 5.95. The lowest BCUT2D eigenvalue weighted by molar-refractivity contribution is 0.0829. The molecular formula is C23H24ClN7O3S. The minimum atomic E-state index is -3.48. The van der Waals surface area contributed by atoms with Crippen molar-refractivity contribution < 1.29 is 13.2 Å². The molecule has 0 saturated heterocycles. The number of benzene rings is 2. The lowest BCUT2D eigenvalue weighted by Gasteiger charge is -2.14. The van der Waals surface area contributed by atoms with E-state index in [2.05, 4.69) is 30.3 Å². The van der Waals surface area contributed by atoms with Gasteiger partial charge in [0.05, 0.1) is 29.4 Å². The van der Waals surface area contributed by atoms with Crippen molar-refractivity contribution in [1.82, 2.24) is 19.9 Å². The molecule has 10 nitrogen and oxygen atoms in total. The molecule has 0 fully saturated rings. The number of nitrogens with one attached hydrogen (secondary N) is 4. The second-order valence-corrected chi connectivity index (χ2v) is 10.3. The van der Waals surface area contributed by atoms with E-state index in [1.165, 1.54) is 6.20 Å². The van der Waals surface area contributed by atoms with Gasteiger partial charge >= 0.3 is 0 Å². The average molecular weight is 514 g/mol. The van der Waals surface area contributed by atoms with Crippen LogP contribution in [0.2, 0.25) is 5.02 Å². The maximum absolute atomic E-state index is 12.5. The summed E-state index contributed by atoms with van der Waals surface area (Å²) in [6.07, 6.45) is 2.52. The molecule has 0 spiro atoms. The Labute approximate surface area is 207 Å². The van der Waals surface area contributed by atoms with Crippen LogP contribution in [0.15, 0.2) is 48.7 Å². The van der Waals surface area contributed by atoms with Gasteiger partial charge < -0.3 is 20.5 Å². The number of nitrogens with zero attached hydrogens (tertiary/aromatic N) is 3. The number of fused-ring (bicyclic) bond motifs is 1. The van der Waals surface area contributed by atoms with E-state index in [1.807, 2.05) is 25.1 Å². The molecule has 2 heterocycles. The van der Waals surface area contributed by atoms with Gasteiger partial charge in [0.1, 0.15) is 5.02 Å². The van der Waals surface area contributed by atoms with E-state index in [-0.39, 0.29) is 16.9 Å². The maximum Gasteiger partial charge on any atom is 0.255 e. The van der Waals surface area contributed by atoms with Crippen molar-refractivity contribution in [2.24, 2.45) is 0 Å². The van der Waals surface area contributed by atoms with Crippen molar-refractivity contribution in [3.8, 4) is 0 Å². The predicted molar refractivity (Wildman–Crippen MR) is 140 cm³/mol. The van der Waals surface area contributed by atoms with Gasteiger partial charge in [0.2, 0.25) is 16.0 Å². The van der Waals surface area contributed by atoms with Gasteiger partial charge in [-0.2, -0.15) is 4.98 Å². The summed E-state index contributed by atoms with van der Waals surface area (Å²) in [4.78, 5) is 26.0. The monoisotopic (exact) mass is 513 g/mol. The van der Waals surface area contributed by atoms with E-state index < -0.39 is 10.0 Å². The first-order valence-corrected chi connectivity index (χ1v) is 12.8. The van der Waals surface area contributed by atoms with Crippen LogP contribution in [0.25, 0.3) is 10.9 Å². The third kappa shape index (κ3) is 5.47. The van der Waals surface area contributed by atoms with Crippen molar-refractivity contribution in [3.63, 3.8) is 0 Å². The fraction of sp³-hybridized carbons (Fsp3) is 0.174. The summed E-state index contributed by atoms with van der Waals surface area (Å²) in [7, 11) is -0.0396. The van der Waals surface area contributed by atoms with Gasteiger partial charge in [0, 0.05) is 36.4 Å². The summed E-state index contributed by atoms with van der Waals surface area (Å²) in [6, 6.07) is 12.4. The van der Waals surface area contributed by atoms with E-state index in [4.69, 9.17) is 11.6 Å². The number of hydrogen-bond acceptors (Lipinski definition) is 7. The van der Waals surface area contributed by atoms with E-state index in [1.54, 1.807) is 43.3 Å². The molecule has 4 N–H and O–H groups in total. The largest absolute Gasteiger partial charge is 0.358 e. The van der Waals surface area contributed by atoms with Crippen LogP contribution >= 0.6 is 11.6 Å². The van der Waals surface area contributed by atoms with Gasteiger partial charge in [0.15, 0.2) is 5.82 Å². The highest BCUT2D eigenvalue weighted by Crippen LogP contribution is 2.31.